The molecule has 18 heavy (non-hydrogen) atoms. The smallest absolute Gasteiger partial charge is 0.257 e. The van der Waals surface area contributed by atoms with Gasteiger partial charge in [0.2, 0.25) is 0 Å². The van der Waals surface area contributed by atoms with Crippen LogP contribution in [0.15, 0.2) is 18.2 Å². The summed E-state index contributed by atoms with van der Waals surface area (Å²) in [6.45, 7) is 1.79. The van der Waals surface area contributed by atoms with Gasteiger partial charge in [0.1, 0.15) is 11.5 Å². The number of rotatable bonds is 2. The number of carbonyl (C=O) groups is 1. The number of carbonyl (C=O) groups excluding carboxylic acids is 1. The van der Waals surface area contributed by atoms with Crippen molar-refractivity contribution in [2.75, 3.05) is 20.1 Å². The van der Waals surface area contributed by atoms with Crippen LogP contribution in [0, 0.1) is 0 Å². The molecule has 1 amide bonds. The van der Waals surface area contributed by atoms with E-state index in [2.05, 4.69) is 5.32 Å². The summed E-state index contributed by atoms with van der Waals surface area (Å²) >= 11 is 0. The van der Waals surface area contributed by atoms with E-state index in [0.29, 0.717) is 0 Å². The molecule has 1 heterocycles. The Morgan fingerprint density at radius 3 is 2.67 bits per heavy atom. The summed E-state index contributed by atoms with van der Waals surface area (Å²) < 4.78 is 0. The Morgan fingerprint density at radius 1 is 1.33 bits per heavy atom. The first-order chi connectivity index (χ1) is 8.59. The van der Waals surface area contributed by atoms with Crippen LogP contribution in [0.3, 0.4) is 0 Å². The fourth-order valence-corrected chi connectivity index (χ4v) is 2.25. The monoisotopic (exact) mass is 250 g/mol. The first-order valence-electron chi connectivity index (χ1n) is 6.09. The van der Waals surface area contributed by atoms with Crippen molar-refractivity contribution in [2.45, 2.75) is 18.9 Å². The minimum Gasteiger partial charge on any atom is -0.508 e. The second-order valence-electron chi connectivity index (χ2n) is 4.60. The molecule has 5 nitrogen and oxygen atoms in total. The van der Waals surface area contributed by atoms with Crippen LogP contribution in [0.1, 0.15) is 23.2 Å². The Labute approximate surface area is 106 Å². The quantitative estimate of drug-likeness (QED) is 0.682. The number of aromatic hydroxyl groups is 2. The first-order valence-corrected chi connectivity index (χ1v) is 6.09. The van der Waals surface area contributed by atoms with E-state index < -0.39 is 0 Å². The van der Waals surface area contributed by atoms with Crippen LogP contribution in [0.25, 0.3) is 0 Å². The summed E-state index contributed by atoms with van der Waals surface area (Å²) in [5.41, 5.74) is 0.149. The van der Waals surface area contributed by atoms with Crippen molar-refractivity contribution in [2.24, 2.45) is 0 Å². The number of amides is 1. The van der Waals surface area contributed by atoms with E-state index in [1.165, 1.54) is 18.2 Å². The lowest BCUT2D eigenvalue weighted by Crippen LogP contribution is -2.43. The highest BCUT2D eigenvalue weighted by atomic mass is 16.3. The van der Waals surface area contributed by atoms with Gasteiger partial charge in [0, 0.05) is 13.1 Å². The molecule has 1 aliphatic heterocycles. The number of hydrogen-bond acceptors (Lipinski definition) is 4. The van der Waals surface area contributed by atoms with Gasteiger partial charge in [-0.05, 0) is 44.1 Å². The second-order valence-corrected chi connectivity index (χ2v) is 4.60. The maximum absolute atomic E-state index is 12.3. The Bertz CT molecular complexity index is 442. The molecule has 1 aliphatic rings. The predicted molar refractivity (Wildman–Crippen MR) is 67.8 cm³/mol. The number of phenolic OH excluding ortho intramolecular Hbond substituents is 2. The van der Waals surface area contributed by atoms with Gasteiger partial charge in [0.25, 0.3) is 5.91 Å². The van der Waals surface area contributed by atoms with Gasteiger partial charge >= 0.3 is 0 Å². The summed E-state index contributed by atoms with van der Waals surface area (Å²) in [6, 6.07) is 4.17. The summed E-state index contributed by atoms with van der Waals surface area (Å²) in [6.07, 6.45) is 1.81. The molecular weight excluding hydrogens is 232 g/mol. The van der Waals surface area contributed by atoms with E-state index in [-0.39, 0.29) is 29.0 Å². The number of nitrogens with one attached hydrogen (secondary N) is 1. The van der Waals surface area contributed by atoms with Crippen molar-refractivity contribution in [3.63, 3.8) is 0 Å². The van der Waals surface area contributed by atoms with Crippen molar-refractivity contribution in [1.29, 1.82) is 0 Å². The van der Waals surface area contributed by atoms with E-state index in [9.17, 15) is 15.0 Å². The molecule has 98 valence electrons. The molecule has 1 aromatic carbocycles. The van der Waals surface area contributed by atoms with Gasteiger partial charge in [-0.3, -0.25) is 4.79 Å². The van der Waals surface area contributed by atoms with Gasteiger partial charge in [0.05, 0.1) is 5.56 Å². The van der Waals surface area contributed by atoms with Gasteiger partial charge in [-0.25, -0.2) is 0 Å². The van der Waals surface area contributed by atoms with Crippen LogP contribution in [-0.2, 0) is 0 Å². The van der Waals surface area contributed by atoms with Gasteiger partial charge in [0.15, 0.2) is 0 Å². The summed E-state index contributed by atoms with van der Waals surface area (Å²) in [7, 11) is 1.74. The van der Waals surface area contributed by atoms with Gasteiger partial charge in [-0.2, -0.15) is 0 Å². The maximum Gasteiger partial charge on any atom is 0.257 e. The Morgan fingerprint density at radius 2 is 2.00 bits per heavy atom. The van der Waals surface area contributed by atoms with Crippen molar-refractivity contribution in [3.05, 3.63) is 23.8 Å². The molecule has 3 N–H and O–H groups in total. The lowest BCUT2D eigenvalue weighted by Gasteiger charge is -2.31. The Hall–Kier alpha value is -1.75. The number of nitrogens with zero attached hydrogens (tertiary/aromatic N) is 1. The largest absolute Gasteiger partial charge is 0.508 e. The van der Waals surface area contributed by atoms with Crippen LogP contribution in [0.2, 0.25) is 0 Å². The zero-order valence-electron chi connectivity index (χ0n) is 10.4. The van der Waals surface area contributed by atoms with Crippen LogP contribution < -0.4 is 5.32 Å². The van der Waals surface area contributed by atoms with Crippen molar-refractivity contribution >= 4 is 5.91 Å². The highest BCUT2D eigenvalue weighted by molar-refractivity contribution is 5.97. The first kappa shape index (κ1) is 12.7. The summed E-state index contributed by atoms with van der Waals surface area (Å²) in [5, 5.41) is 22.3. The van der Waals surface area contributed by atoms with Crippen molar-refractivity contribution < 1.29 is 15.0 Å². The molecule has 0 radical (unpaired) electrons. The maximum atomic E-state index is 12.3. The van der Waals surface area contributed by atoms with E-state index in [4.69, 9.17) is 0 Å². The zero-order chi connectivity index (χ0) is 13.1. The second kappa shape index (κ2) is 5.27. The van der Waals surface area contributed by atoms with E-state index in [0.717, 1.165) is 25.9 Å². The average molecular weight is 250 g/mol. The fraction of sp³-hybridized carbons (Fsp3) is 0.462. The van der Waals surface area contributed by atoms with Crippen molar-refractivity contribution in [1.82, 2.24) is 10.2 Å². The molecule has 1 fully saturated rings. The molecule has 0 atom stereocenters. The summed E-state index contributed by atoms with van der Waals surface area (Å²) in [5.74, 6) is -0.372. The molecule has 5 heteroatoms. The Kier molecular flexibility index (Phi) is 3.72. The van der Waals surface area contributed by atoms with Gasteiger partial charge < -0.3 is 20.4 Å². The zero-order valence-corrected chi connectivity index (χ0v) is 10.4. The predicted octanol–water partition coefficient (Wildman–Crippen LogP) is 0.922. The molecule has 1 aromatic rings. The van der Waals surface area contributed by atoms with Crippen LogP contribution in [0.5, 0.6) is 11.5 Å². The molecule has 0 aliphatic carbocycles. The summed E-state index contributed by atoms with van der Waals surface area (Å²) in [4.78, 5) is 13.9. The molecule has 0 bridgehead atoms. The minimum absolute atomic E-state index is 0.0186. The van der Waals surface area contributed by atoms with Gasteiger partial charge in [-0.15, -0.1) is 0 Å². The van der Waals surface area contributed by atoms with E-state index in [1.54, 1.807) is 11.9 Å². The van der Waals surface area contributed by atoms with Crippen LogP contribution in [-0.4, -0.2) is 47.2 Å². The highest BCUT2D eigenvalue weighted by Crippen LogP contribution is 2.24. The number of hydrogen-bond donors (Lipinski definition) is 3. The van der Waals surface area contributed by atoms with E-state index >= 15 is 0 Å². The topological polar surface area (TPSA) is 72.8 Å². The minimum atomic E-state index is -0.254. The third kappa shape index (κ3) is 2.56. The number of piperidine rings is 1. The van der Waals surface area contributed by atoms with Crippen LogP contribution >= 0.6 is 0 Å². The Balaban J connectivity index is 2.16. The SMILES string of the molecule is CN(C(=O)c1cc(O)ccc1O)C1CCNCC1. The third-order valence-corrected chi connectivity index (χ3v) is 3.39. The fourth-order valence-electron chi connectivity index (χ4n) is 2.25. The number of phenols is 2. The van der Waals surface area contributed by atoms with Crippen LogP contribution in [0.4, 0.5) is 0 Å². The molecule has 0 spiro atoms. The lowest BCUT2D eigenvalue weighted by atomic mass is 10.0. The average Bonchev–Trinajstić information content (AvgIpc) is 2.41. The van der Waals surface area contributed by atoms with Crippen molar-refractivity contribution in [3.8, 4) is 11.5 Å². The highest BCUT2D eigenvalue weighted by Gasteiger charge is 2.24. The standard InChI is InChI=1S/C13H18N2O3/c1-15(9-4-6-14-7-5-9)13(18)11-8-10(16)2-3-12(11)17/h2-3,8-9,14,16-17H,4-7H2,1H3. The molecule has 2 rings (SSSR count). The van der Waals surface area contributed by atoms with Gasteiger partial charge in [-0.1, -0.05) is 0 Å². The molecule has 0 saturated carbocycles. The third-order valence-electron chi connectivity index (χ3n) is 3.39. The normalized spacial score (nSPS) is 16.5. The van der Waals surface area contributed by atoms with E-state index in [1.807, 2.05) is 0 Å². The molecular formula is C13H18N2O3. The number of benzene rings is 1. The molecule has 0 unspecified atom stereocenters. The molecule has 0 aromatic heterocycles. The molecule has 1 saturated heterocycles. The lowest BCUT2D eigenvalue weighted by molar-refractivity contribution is 0.0700.